The zero-order chi connectivity index (χ0) is 13.5. The smallest absolute Gasteiger partial charge is 0.242 e. The number of fused-ring (bicyclic) bond motifs is 1. The van der Waals surface area contributed by atoms with Crippen LogP contribution >= 0.6 is 11.3 Å². The molecule has 1 N–H and O–H groups in total. The lowest BCUT2D eigenvalue weighted by molar-refractivity contribution is -0.140. The van der Waals surface area contributed by atoms with Gasteiger partial charge in [-0.15, -0.1) is 11.3 Å². The molecular formula is C15H18N2OS. The van der Waals surface area contributed by atoms with Crippen LogP contribution in [0.1, 0.15) is 19.4 Å². The molecule has 0 radical (unpaired) electrons. The van der Waals surface area contributed by atoms with Crippen molar-refractivity contribution in [1.82, 2.24) is 10.2 Å². The minimum atomic E-state index is -0.440. The fourth-order valence-electron chi connectivity index (χ4n) is 2.59. The summed E-state index contributed by atoms with van der Waals surface area (Å²) < 4.78 is 1.29. The van der Waals surface area contributed by atoms with Crippen molar-refractivity contribution in [3.05, 3.63) is 35.2 Å². The average Bonchev–Trinajstić information content (AvgIpc) is 2.79. The van der Waals surface area contributed by atoms with Gasteiger partial charge < -0.3 is 10.2 Å². The van der Waals surface area contributed by atoms with Crippen molar-refractivity contribution in [3.63, 3.8) is 0 Å². The Balaban J connectivity index is 1.87. The molecule has 0 atom stereocenters. The molecule has 19 heavy (non-hydrogen) atoms. The summed E-state index contributed by atoms with van der Waals surface area (Å²) in [5.41, 5.74) is 0.816. The molecule has 0 spiro atoms. The average molecular weight is 274 g/mol. The standard InChI is InChI=1S/C15H18N2OS/c1-15(2)14(18)17(8-7-16-15)9-11-10-19-13-6-4-3-5-12(11)13/h3-6,10,16H,7-9H2,1-2H3. The van der Waals surface area contributed by atoms with Gasteiger partial charge in [0.05, 0.1) is 5.54 Å². The highest BCUT2D eigenvalue weighted by atomic mass is 32.1. The third-order valence-electron chi connectivity index (χ3n) is 3.69. The molecule has 1 aliphatic heterocycles. The molecule has 0 unspecified atom stereocenters. The molecule has 3 rings (SSSR count). The number of thiophene rings is 1. The van der Waals surface area contributed by atoms with Crippen molar-refractivity contribution in [2.24, 2.45) is 0 Å². The van der Waals surface area contributed by atoms with Crippen LogP contribution < -0.4 is 5.32 Å². The van der Waals surface area contributed by atoms with E-state index in [2.05, 4.69) is 35.0 Å². The highest BCUT2D eigenvalue weighted by molar-refractivity contribution is 7.17. The van der Waals surface area contributed by atoms with Crippen LogP contribution in [0.15, 0.2) is 29.6 Å². The summed E-state index contributed by atoms with van der Waals surface area (Å²) in [5, 5.41) is 6.71. The van der Waals surface area contributed by atoms with E-state index < -0.39 is 5.54 Å². The van der Waals surface area contributed by atoms with E-state index in [0.29, 0.717) is 6.54 Å². The van der Waals surface area contributed by atoms with Crippen molar-refractivity contribution >= 4 is 27.3 Å². The van der Waals surface area contributed by atoms with Crippen molar-refractivity contribution in [2.45, 2.75) is 25.9 Å². The second-order valence-corrected chi connectivity index (χ2v) is 6.45. The molecule has 2 aromatic rings. The molecule has 0 aliphatic carbocycles. The van der Waals surface area contributed by atoms with Crippen LogP contribution in [0.3, 0.4) is 0 Å². The lowest BCUT2D eigenvalue weighted by Gasteiger charge is -2.38. The Morgan fingerprint density at radius 2 is 2.16 bits per heavy atom. The third-order valence-corrected chi connectivity index (χ3v) is 4.71. The molecular weight excluding hydrogens is 256 g/mol. The Morgan fingerprint density at radius 1 is 1.37 bits per heavy atom. The number of hydrogen-bond acceptors (Lipinski definition) is 3. The van der Waals surface area contributed by atoms with Crippen LogP contribution in [0, 0.1) is 0 Å². The molecule has 2 heterocycles. The minimum Gasteiger partial charge on any atom is -0.335 e. The first kappa shape index (κ1) is 12.6. The van der Waals surface area contributed by atoms with Crippen molar-refractivity contribution in [1.29, 1.82) is 0 Å². The highest BCUT2D eigenvalue weighted by Crippen LogP contribution is 2.27. The maximum atomic E-state index is 12.4. The molecule has 4 heteroatoms. The Kier molecular flexibility index (Phi) is 3.07. The fraction of sp³-hybridized carbons (Fsp3) is 0.400. The molecule has 1 saturated heterocycles. The van der Waals surface area contributed by atoms with Crippen LogP contribution in [0.4, 0.5) is 0 Å². The number of benzene rings is 1. The molecule has 1 aliphatic rings. The number of hydrogen-bond donors (Lipinski definition) is 1. The third kappa shape index (κ3) is 2.26. The maximum Gasteiger partial charge on any atom is 0.242 e. The number of rotatable bonds is 2. The highest BCUT2D eigenvalue weighted by Gasteiger charge is 2.35. The van der Waals surface area contributed by atoms with Gasteiger partial charge in [0.1, 0.15) is 0 Å². The van der Waals surface area contributed by atoms with Gasteiger partial charge in [0.2, 0.25) is 5.91 Å². The Hall–Kier alpha value is -1.39. The number of amides is 1. The molecule has 1 aromatic heterocycles. The first-order chi connectivity index (χ1) is 9.08. The van der Waals surface area contributed by atoms with Gasteiger partial charge in [-0.25, -0.2) is 0 Å². The molecule has 0 saturated carbocycles. The van der Waals surface area contributed by atoms with Gasteiger partial charge in [0.15, 0.2) is 0 Å². The predicted molar refractivity (Wildman–Crippen MR) is 79.3 cm³/mol. The predicted octanol–water partition coefficient (Wildman–Crippen LogP) is 2.61. The lowest BCUT2D eigenvalue weighted by atomic mass is 10.0. The van der Waals surface area contributed by atoms with E-state index in [1.807, 2.05) is 18.7 Å². The zero-order valence-corrected chi connectivity index (χ0v) is 12.1. The van der Waals surface area contributed by atoms with Gasteiger partial charge >= 0.3 is 0 Å². The quantitative estimate of drug-likeness (QED) is 0.913. The first-order valence-corrected chi connectivity index (χ1v) is 7.45. The first-order valence-electron chi connectivity index (χ1n) is 6.57. The topological polar surface area (TPSA) is 32.3 Å². The Morgan fingerprint density at radius 3 is 3.00 bits per heavy atom. The van der Waals surface area contributed by atoms with Gasteiger partial charge in [-0.05, 0) is 36.2 Å². The Labute approximate surface area is 117 Å². The van der Waals surface area contributed by atoms with E-state index in [4.69, 9.17) is 0 Å². The van der Waals surface area contributed by atoms with Gasteiger partial charge in [-0.1, -0.05) is 18.2 Å². The molecule has 1 amide bonds. The van der Waals surface area contributed by atoms with E-state index >= 15 is 0 Å². The summed E-state index contributed by atoms with van der Waals surface area (Å²) in [6.07, 6.45) is 0. The van der Waals surface area contributed by atoms with Gasteiger partial charge in [0, 0.05) is 24.3 Å². The van der Waals surface area contributed by atoms with Crippen molar-refractivity contribution < 1.29 is 4.79 Å². The second-order valence-electron chi connectivity index (χ2n) is 5.54. The monoisotopic (exact) mass is 274 g/mol. The normalized spacial score (nSPS) is 19.1. The summed E-state index contributed by atoms with van der Waals surface area (Å²) in [5.74, 6) is 0.189. The molecule has 1 fully saturated rings. The van der Waals surface area contributed by atoms with E-state index in [1.165, 1.54) is 15.6 Å². The summed E-state index contributed by atoms with van der Waals surface area (Å²) in [6, 6.07) is 8.38. The molecule has 3 nitrogen and oxygen atoms in total. The van der Waals surface area contributed by atoms with Crippen LogP contribution in [-0.2, 0) is 11.3 Å². The van der Waals surface area contributed by atoms with Crippen molar-refractivity contribution in [3.8, 4) is 0 Å². The minimum absolute atomic E-state index is 0.189. The zero-order valence-electron chi connectivity index (χ0n) is 11.3. The number of piperazine rings is 1. The van der Waals surface area contributed by atoms with Crippen LogP contribution in [-0.4, -0.2) is 29.4 Å². The lowest BCUT2D eigenvalue weighted by Crippen LogP contribution is -2.60. The molecule has 0 bridgehead atoms. The molecule has 100 valence electrons. The number of carbonyl (C=O) groups excluding carboxylic acids is 1. The van der Waals surface area contributed by atoms with Crippen LogP contribution in [0.5, 0.6) is 0 Å². The summed E-state index contributed by atoms with van der Waals surface area (Å²) in [6.45, 7) is 6.27. The van der Waals surface area contributed by atoms with E-state index in [-0.39, 0.29) is 5.91 Å². The fourth-order valence-corrected chi connectivity index (χ4v) is 3.54. The Bertz CT molecular complexity index is 617. The van der Waals surface area contributed by atoms with Crippen LogP contribution in [0.25, 0.3) is 10.1 Å². The van der Waals surface area contributed by atoms with Gasteiger partial charge in [-0.2, -0.15) is 0 Å². The van der Waals surface area contributed by atoms with Crippen molar-refractivity contribution in [2.75, 3.05) is 13.1 Å². The largest absolute Gasteiger partial charge is 0.335 e. The number of nitrogens with one attached hydrogen (secondary N) is 1. The summed E-state index contributed by atoms with van der Waals surface area (Å²) >= 11 is 1.75. The van der Waals surface area contributed by atoms with E-state index in [0.717, 1.165) is 13.1 Å². The van der Waals surface area contributed by atoms with E-state index in [9.17, 15) is 4.79 Å². The van der Waals surface area contributed by atoms with Gasteiger partial charge in [-0.3, -0.25) is 4.79 Å². The SMILES string of the molecule is CC1(C)NCCN(Cc2csc3ccccc23)C1=O. The number of nitrogens with zero attached hydrogens (tertiary/aromatic N) is 1. The maximum absolute atomic E-state index is 12.4. The summed E-state index contributed by atoms with van der Waals surface area (Å²) in [7, 11) is 0. The summed E-state index contributed by atoms with van der Waals surface area (Å²) in [4.78, 5) is 14.3. The number of carbonyl (C=O) groups is 1. The molecule has 1 aromatic carbocycles. The van der Waals surface area contributed by atoms with Crippen LogP contribution in [0.2, 0.25) is 0 Å². The second kappa shape index (κ2) is 4.62. The van der Waals surface area contributed by atoms with Gasteiger partial charge in [0.25, 0.3) is 0 Å². The van der Waals surface area contributed by atoms with E-state index in [1.54, 1.807) is 11.3 Å².